The molecule has 2 fully saturated rings. The van der Waals surface area contributed by atoms with Crippen LogP contribution >= 0.6 is 23.8 Å². The van der Waals surface area contributed by atoms with E-state index in [1.165, 1.54) is 30.5 Å². The molecule has 158 valence electrons. The average molecular weight is 433 g/mol. The Hall–Kier alpha value is -1.72. The van der Waals surface area contributed by atoms with E-state index in [1.54, 1.807) is 0 Å². The molecule has 2 saturated heterocycles. The van der Waals surface area contributed by atoms with Crippen molar-refractivity contribution >= 4 is 34.6 Å². The molecule has 1 aromatic carbocycles. The van der Waals surface area contributed by atoms with E-state index >= 15 is 0 Å². The molecule has 0 aliphatic carbocycles. The molecule has 2 heterocycles. The molecule has 2 N–H and O–H groups in total. The lowest BCUT2D eigenvalue weighted by atomic mass is 10.1. The van der Waals surface area contributed by atoms with E-state index < -0.39 is 0 Å². The van der Waals surface area contributed by atoms with Crippen molar-refractivity contribution in [1.82, 2.24) is 15.1 Å². The minimum atomic E-state index is 0.133. The number of halogens is 1. The Bertz CT molecular complexity index is 757. The highest BCUT2D eigenvalue weighted by molar-refractivity contribution is 7.80. The Morgan fingerprint density at radius 1 is 1.21 bits per heavy atom. The first-order valence-corrected chi connectivity index (χ1v) is 11.5. The zero-order chi connectivity index (χ0) is 20.8. The van der Waals surface area contributed by atoms with Gasteiger partial charge in [0.1, 0.15) is 0 Å². The number of thiocarbonyl (C=S) groups is 1. The molecule has 6 heteroatoms. The van der Waals surface area contributed by atoms with Crippen molar-refractivity contribution in [2.24, 2.45) is 0 Å². The molecule has 0 bridgehead atoms. The third-order valence-corrected chi connectivity index (χ3v) is 6.37. The molecule has 0 radical (unpaired) electrons. The zero-order valence-electron chi connectivity index (χ0n) is 17.5. The summed E-state index contributed by atoms with van der Waals surface area (Å²) in [7, 11) is 0. The van der Waals surface area contributed by atoms with Crippen molar-refractivity contribution in [2.75, 3.05) is 31.5 Å². The Labute approximate surface area is 186 Å². The molecule has 4 nitrogen and oxygen atoms in total. The Morgan fingerprint density at radius 2 is 1.93 bits per heavy atom. The molecule has 0 saturated carbocycles. The van der Waals surface area contributed by atoms with Gasteiger partial charge in [-0.2, -0.15) is 0 Å². The van der Waals surface area contributed by atoms with Crippen molar-refractivity contribution < 1.29 is 0 Å². The summed E-state index contributed by atoms with van der Waals surface area (Å²) in [5.74, 6) is 0. The van der Waals surface area contributed by atoms with E-state index in [9.17, 15) is 0 Å². The zero-order valence-corrected chi connectivity index (χ0v) is 19.0. The highest BCUT2D eigenvalue weighted by atomic mass is 35.5. The maximum absolute atomic E-state index is 6.18. The molecule has 1 unspecified atom stereocenters. The maximum atomic E-state index is 6.18. The number of hydrogen-bond donors (Lipinski definition) is 2. The van der Waals surface area contributed by atoms with Crippen LogP contribution in [0.5, 0.6) is 0 Å². The van der Waals surface area contributed by atoms with E-state index in [0.29, 0.717) is 10.1 Å². The lowest BCUT2D eigenvalue weighted by Gasteiger charge is -2.33. The van der Waals surface area contributed by atoms with Crippen LogP contribution in [0.2, 0.25) is 5.02 Å². The second-order valence-electron chi connectivity index (χ2n) is 7.98. The van der Waals surface area contributed by atoms with Crippen LogP contribution in [0.3, 0.4) is 0 Å². The minimum absolute atomic E-state index is 0.133. The molecule has 2 aliphatic rings. The summed E-state index contributed by atoms with van der Waals surface area (Å²) >= 11 is 11.8. The van der Waals surface area contributed by atoms with Crippen LogP contribution in [0.1, 0.15) is 44.6 Å². The highest BCUT2D eigenvalue weighted by Gasteiger charge is 2.24. The number of nitrogens with one attached hydrogen (secondary N) is 2. The van der Waals surface area contributed by atoms with Crippen LogP contribution in [0.25, 0.3) is 0 Å². The van der Waals surface area contributed by atoms with Gasteiger partial charge < -0.3 is 20.4 Å². The van der Waals surface area contributed by atoms with E-state index in [4.69, 9.17) is 23.8 Å². The Balaban J connectivity index is 1.61. The third kappa shape index (κ3) is 5.89. The summed E-state index contributed by atoms with van der Waals surface area (Å²) in [4.78, 5) is 4.79. The maximum Gasteiger partial charge on any atom is 0.171 e. The normalized spacial score (nSPS) is 19.8. The summed E-state index contributed by atoms with van der Waals surface area (Å²) in [6.45, 7) is 15.0. The van der Waals surface area contributed by atoms with Crippen molar-refractivity contribution in [3.63, 3.8) is 0 Å². The molecule has 1 atom stereocenters. The fraction of sp³-hybridized carbons (Fsp3) is 0.522. The van der Waals surface area contributed by atoms with Gasteiger partial charge in [0.2, 0.25) is 0 Å². The first-order valence-electron chi connectivity index (χ1n) is 10.7. The summed E-state index contributed by atoms with van der Waals surface area (Å²) in [5.41, 5.74) is 4.48. The van der Waals surface area contributed by atoms with Gasteiger partial charge in [-0.3, -0.25) is 0 Å². The van der Waals surface area contributed by atoms with Gasteiger partial charge in [-0.15, -0.1) is 0 Å². The largest absolute Gasteiger partial charge is 0.374 e. The predicted molar refractivity (Wildman–Crippen MR) is 128 cm³/mol. The highest BCUT2D eigenvalue weighted by Crippen LogP contribution is 2.24. The van der Waals surface area contributed by atoms with Crippen molar-refractivity contribution in [1.29, 1.82) is 0 Å². The first kappa shape index (κ1) is 22.0. The lowest BCUT2D eigenvalue weighted by Crippen LogP contribution is -2.43. The SMILES string of the molecule is C=C(CN1CCCCC(NC(=S)Nc2cc(Cl)ccc2CC)C1=C)N1CCCC1. The summed E-state index contributed by atoms with van der Waals surface area (Å²) in [5, 5.41) is 8.16. The van der Waals surface area contributed by atoms with Gasteiger partial charge in [-0.25, -0.2) is 0 Å². The number of benzene rings is 1. The predicted octanol–water partition coefficient (Wildman–Crippen LogP) is 5.17. The monoisotopic (exact) mass is 432 g/mol. The topological polar surface area (TPSA) is 30.5 Å². The van der Waals surface area contributed by atoms with Crippen LogP contribution in [0.15, 0.2) is 42.8 Å². The smallest absolute Gasteiger partial charge is 0.171 e. The molecule has 1 aromatic rings. The van der Waals surface area contributed by atoms with Crippen LogP contribution in [0, 0.1) is 0 Å². The van der Waals surface area contributed by atoms with Gasteiger partial charge in [0, 0.05) is 41.7 Å². The van der Waals surface area contributed by atoms with Gasteiger partial charge in [-0.05, 0) is 68.4 Å². The van der Waals surface area contributed by atoms with Crippen molar-refractivity contribution in [2.45, 2.75) is 51.5 Å². The van der Waals surface area contributed by atoms with Gasteiger partial charge in [0.05, 0.1) is 12.6 Å². The quantitative estimate of drug-likeness (QED) is 0.606. The van der Waals surface area contributed by atoms with E-state index in [0.717, 1.165) is 56.8 Å². The third-order valence-electron chi connectivity index (χ3n) is 5.91. The lowest BCUT2D eigenvalue weighted by molar-refractivity contribution is 0.310. The van der Waals surface area contributed by atoms with E-state index in [2.05, 4.69) is 40.5 Å². The molecule has 0 aromatic heterocycles. The van der Waals surface area contributed by atoms with Gasteiger partial charge in [0.25, 0.3) is 0 Å². The van der Waals surface area contributed by atoms with E-state index in [1.807, 2.05) is 18.2 Å². The fourth-order valence-electron chi connectivity index (χ4n) is 4.16. The van der Waals surface area contributed by atoms with E-state index in [-0.39, 0.29) is 6.04 Å². The molecule has 3 rings (SSSR count). The number of rotatable bonds is 6. The first-order chi connectivity index (χ1) is 14.0. The Kier molecular flexibility index (Phi) is 7.84. The number of likely N-dealkylation sites (tertiary alicyclic amines) is 2. The fourth-order valence-corrected chi connectivity index (χ4v) is 4.59. The molecule has 2 aliphatic heterocycles. The average Bonchev–Trinajstić information content (AvgIpc) is 3.18. The van der Waals surface area contributed by atoms with Gasteiger partial charge in [0.15, 0.2) is 5.11 Å². The molecule has 0 amide bonds. The second kappa shape index (κ2) is 10.4. The van der Waals surface area contributed by atoms with Crippen LogP contribution in [0.4, 0.5) is 5.69 Å². The van der Waals surface area contributed by atoms with Crippen LogP contribution < -0.4 is 10.6 Å². The standard InChI is InChI=1S/C23H33ClN4S/c1-4-19-10-11-20(24)15-22(19)26-23(29)25-21-9-5-6-14-28(18(21)3)16-17(2)27-12-7-8-13-27/h10-11,15,21H,2-9,12-14,16H2,1H3,(H2,25,26,29). The second-order valence-corrected chi connectivity index (χ2v) is 8.82. The summed E-state index contributed by atoms with van der Waals surface area (Å²) in [6.07, 6.45) is 6.82. The molecular formula is C23H33ClN4S. The number of anilines is 1. The number of nitrogens with zero attached hydrogens (tertiary/aromatic N) is 2. The summed E-state index contributed by atoms with van der Waals surface area (Å²) in [6, 6.07) is 6.03. The van der Waals surface area contributed by atoms with Gasteiger partial charge >= 0.3 is 0 Å². The van der Waals surface area contributed by atoms with Gasteiger partial charge in [-0.1, -0.05) is 37.7 Å². The summed E-state index contributed by atoms with van der Waals surface area (Å²) < 4.78 is 0. The van der Waals surface area contributed by atoms with Crippen LogP contribution in [-0.4, -0.2) is 47.1 Å². The minimum Gasteiger partial charge on any atom is -0.374 e. The van der Waals surface area contributed by atoms with Crippen molar-refractivity contribution in [3.8, 4) is 0 Å². The van der Waals surface area contributed by atoms with Crippen molar-refractivity contribution in [3.05, 3.63) is 53.3 Å². The molecular weight excluding hydrogens is 400 g/mol. The molecule has 0 spiro atoms. The number of hydrogen-bond acceptors (Lipinski definition) is 3. The van der Waals surface area contributed by atoms with Crippen LogP contribution in [-0.2, 0) is 6.42 Å². The molecule has 29 heavy (non-hydrogen) atoms. The Morgan fingerprint density at radius 3 is 2.66 bits per heavy atom. The number of aryl methyl sites for hydroxylation is 1.